The molecule has 37 heavy (non-hydrogen) atoms. The van der Waals surface area contributed by atoms with Gasteiger partial charge in [-0.2, -0.15) is 0 Å². The third-order valence-corrected chi connectivity index (χ3v) is 271. The number of benzene rings is 1. The Hall–Kier alpha value is 0.842. The Morgan fingerprint density at radius 2 is 0.838 bits per heavy atom. The SMILES string of the molecule is Cc1cc(C)c(C(=O)[Si]2([Si](C)(C)C)[Si](C)(C)[Si](C)(C)[Si]([Si](C)(C)C)([Si](C)(C)C)[Si](C)(C)[Si]2(C)C)c(C)c1. The average molecular weight is 656 g/mol. The molecule has 0 N–H and O–H groups in total. The summed E-state index contributed by atoms with van der Waals surface area (Å²) in [6.45, 7) is 52.7. The molecule has 1 aliphatic rings. The summed E-state index contributed by atoms with van der Waals surface area (Å²) in [6, 6.07) is 4.62. The van der Waals surface area contributed by atoms with Crippen molar-refractivity contribution in [3.8, 4) is 0 Å². The van der Waals surface area contributed by atoms with Crippen LogP contribution in [0.4, 0.5) is 0 Å². The van der Waals surface area contributed by atoms with Gasteiger partial charge >= 0.3 is 0 Å². The number of carbonyl (C=O) groups is 1. The molecule has 10 heteroatoms. The predicted molar refractivity (Wildman–Crippen MR) is 196 cm³/mol. The Kier molecular flexibility index (Phi) is 8.44. The largest absolute Gasteiger partial charge is 0.301 e. The number of carbonyl (C=O) groups excluding carboxylic acids is 1. The minimum absolute atomic E-state index is 0.782. The standard InChI is InChI=1S/C27H62OSi9/c1-23-21-24(2)26(25(3)22-23)27(28)36(29(4,5)6)32(13,14)34(17,18)37(30(7,8)9,31(10,11)12)35(19,20)33(36,15)16/h21-22H,1-20H3. The van der Waals surface area contributed by atoms with Crippen molar-refractivity contribution in [2.75, 3.05) is 0 Å². The average Bonchev–Trinajstić information content (AvgIpc) is 2.55. The van der Waals surface area contributed by atoms with Gasteiger partial charge in [0.25, 0.3) is 0 Å². The van der Waals surface area contributed by atoms with Crippen molar-refractivity contribution in [1.82, 2.24) is 0 Å². The van der Waals surface area contributed by atoms with Gasteiger partial charge in [0, 0.05) is 62.9 Å². The van der Waals surface area contributed by atoms with E-state index in [1.165, 1.54) is 22.3 Å². The van der Waals surface area contributed by atoms with Crippen molar-refractivity contribution >= 4 is 69.4 Å². The van der Waals surface area contributed by atoms with E-state index in [0.29, 0.717) is 0 Å². The van der Waals surface area contributed by atoms with E-state index in [1.807, 2.05) is 0 Å². The molecule has 0 saturated carbocycles. The molecular weight excluding hydrogens is 593 g/mol. The minimum atomic E-state index is -2.30. The van der Waals surface area contributed by atoms with E-state index >= 15 is 4.79 Å². The molecule has 0 radical (unpaired) electrons. The Morgan fingerprint density at radius 3 is 1.08 bits per heavy atom. The number of aryl methyl sites for hydroxylation is 3. The molecule has 1 saturated heterocycles. The predicted octanol–water partition coefficient (Wildman–Crippen LogP) is 8.80. The zero-order chi connectivity index (χ0) is 29.8. The molecule has 1 aromatic rings. The van der Waals surface area contributed by atoms with Gasteiger partial charge in [-0.1, -0.05) is 129 Å². The van der Waals surface area contributed by atoms with Crippen molar-refractivity contribution < 1.29 is 4.79 Å². The van der Waals surface area contributed by atoms with E-state index in [2.05, 4.69) is 144 Å². The fourth-order valence-electron chi connectivity index (χ4n) is 12.8. The lowest BCUT2D eigenvalue weighted by molar-refractivity contribution is 0.107. The van der Waals surface area contributed by atoms with E-state index in [1.54, 1.807) is 0 Å². The quantitative estimate of drug-likeness (QED) is 0.290. The lowest BCUT2D eigenvalue weighted by atomic mass is 10.0. The second-order valence-corrected chi connectivity index (χ2v) is 127. The van der Waals surface area contributed by atoms with Crippen molar-refractivity contribution in [1.29, 1.82) is 0 Å². The summed E-state index contributed by atoms with van der Waals surface area (Å²) in [7, 11) is -11.9. The lowest BCUT2D eigenvalue weighted by Crippen LogP contribution is -3.13. The summed E-state index contributed by atoms with van der Waals surface area (Å²) in [6.07, 6.45) is -1.58. The molecule has 212 valence electrons. The highest BCUT2D eigenvalue weighted by Gasteiger charge is 2.88. The maximum atomic E-state index is 15.9. The van der Waals surface area contributed by atoms with E-state index in [9.17, 15) is 0 Å². The van der Waals surface area contributed by atoms with Gasteiger partial charge in [-0.3, -0.25) is 0 Å². The van der Waals surface area contributed by atoms with Gasteiger partial charge in [-0.15, -0.1) is 0 Å². The molecule has 1 fully saturated rings. The van der Waals surface area contributed by atoms with Gasteiger partial charge in [0.15, 0.2) is 0 Å². The first kappa shape index (κ1) is 34.0. The molecule has 0 bridgehead atoms. The lowest BCUT2D eigenvalue weighted by Gasteiger charge is -2.81. The van der Waals surface area contributed by atoms with Crippen LogP contribution in [0.1, 0.15) is 27.0 Å². The molecule has 1 heterocycles. The smallest absolute Gasteiger partial charge is 0.132 e. The summed E-state index contributed by atoms with van der Waals surface area (Å²) < 4.78 is 0. The molecule has 1 nitrogen and oxygen atoms in total. The third kappa shape index (κ3) is 3.85. The maximum absolute atomic E-state index is 15.9. The summed E-state index contributed by atoms with van der Waals surface area (Å²) in [5, 5.41) is 0.782. The zero-order valence-corrected chi connectivity index (χ0v) is 37.6. The van der Waals surface area contributed by atoms with E-state index in [-0.39, 0.29) is 0 Å². The van der Waals surface area contributed by atoms with E-state index < -0.39 is 64.0 Å². The fraction of sp³-hybridized carbons (Fsp3) is 0.741. The van der Waals surface area contributed by atoms with Crippen molar-refractivity contribution in [3.05, 3.63) is 34.4 Å². The van der Waals surface area contributed by atoms with Gasteiger partial charge in [-0.05, 0) is 31.9 Å². The molecule has 0 atom stereocenters. The normalized spacial score (nSPS) is 24.0. The molecule has 0 amide bonds. The first-order valence-electron chi connectivity index (χ1n) is 14.6. The molecule has 2 rings (SSSR count). The Labute approximate surface area is 239 Å². The van der Waals surface area contributed by atoms with Gasteiger partial charge in [0.2, 0.25) is 0 Å². The Balaban J connectivity index is 3.34. The van der Waals surface area contributed by atoms with Crippen LogP contribution in [0.2, 0.25) is 111 Å². The topological polar surface area (TPSA) is 17.1 Å². The van der Waals surface area contributed by atoms with Gasteiger partial charge < -0.3 is 4.79 Å². The highest BCUT2D eigenvalue weighted by molar-refractivity contribution is 8.33. The number of hydrogen-bond donors (Lipinski definition) is 0. The van der Waals surface area contributed by atoms with E-state index in [4.69, 9.17) is 0 Å². The zero-order valence-electron chi connectivity index (χ0n) is 28.6. The van der Waals surface area contributed by atoms with Gasteiger partial charge in [0.1, 0.15) is 12.0 Å². The number of rotatable bonds is 5. The van der Waals surface area contributed by atoms with Crippen molar-refractivity contribution in [2.24, 2.45) is 0 Å². The van der Waals surface area contributed by atoms with Crippen LogP contribution in [0, 0.1) is 20.8 Å². The third-order valence-electron chi connectivity index (χ3n) is 12.5. The van der Waals surface area contributed by atoms with Crippen LogP contribution in [-0.2, 0) is 0 Å². The summed E-state index contributed by atoms with van der Waals surface area (Å²) in [5.74, 6) is 0. The van der Waals surface area contributed by atoms with Crippen molar-refractivity contribution in [3.63, 3.8) is 0 Å². The minimum Gasteiger partial charge on any atom is -0.301 e. The summed E-state index contributed by atoms with van der Waals surface area (Å²) in [5.41, 5.74) is 5.03. The van der Waals surface area contributed by atoms with E-state index in [0.717, 1.165) is 5.41 Å². The van der Waals surface area contributed by atoms with Crippen LogP contribution in [0.15, 0.2) is 12.1 Å². The number of hydrogen-bond acceptors (Lipinski definition) is 1. The summed E-state index contributed by atoms with van der Waals surface area (Å²) >= 11 is 0. The van der Waals surface area contributed by atoms with Crippen LogP contribution < -0.4 is 0 Å². The highest BCUT2D eigenvalue weighted by atomic mass is 30.4. The Bertz CT molecular complexity index is 1030. The molecule has 0 aliphatic carbocycles. The van der Waals surface area contributed by atoms with Crippen LogP contribution in [0.3, 0.4) is 0 Å². The second kappa shape index (κ2) is 9.17. The van der Waals surface area contributed by atoms with Gasteiger partial charge in [-0.25, -0.2) is 0 Å². The second-order valence-electron chi connectivity index (χ2n) is 17.9. The maximum Gasteiger partial charge on any atom is 0.132 e. The summed E-state index contributed by atoms with van der Waals surface area (Å²) in [4.78, 5) is 15.9. The fourth-order valence-corrected chi connectivity index (χ4v) is 529. The van der Waals surface area contributed by atoms with Crippen molar-refractivity contribution in [2.45, 2.75) is 132 Å². The van der Waals surface area contributed by atoms with Gasteiger partial charge in [0.05, 0.1) is 0 Å². The van der Waals surface area contributed by atoms with Crippen LogP contribution in [0.25, 0.3) is 0 Å². The highest BCUT2D eigenvalue weighted by Crippen LogP contribution is 2.59. The molecule has 1 aromatic carbocycles. The van der Waals surface area contributed by atoms with Crippen LogP contribution in [0.5, 0.6) is 0 Å². The first-order valence-corrected chi connectivity index (χ1v) is 50.1. The van der Waals surface area contributed by atoms with Crippen LogP contribution >= 0.6 is 0 Å². The first-order chi connectivity index (χ1) is 16.0. The molecular formula is C27H62OSi9. The molecule has 0 spiro atoms. The molecule has 0 unspecified atom stereocenters. The Morgan fingerprint density at radius 1 is 0.541 bits per heavy atom. The monoisotopic (exact) mass is 654 g/mol. The molecule has 1 aliphatic heterocycles. The molecule has 0 aromatic heterocycles. The van der Waals surface area contributed by atoms with Crippen LogP contribution in [-0.4, -0.2) is 69.4 Å².